The lowest BCUT2D eigenvalue weighted by molar-refractivity contribution is 0.0995. The number of rotatable bonds is 13. The molecule has 0 saturated heterocycles. The molecule has 0 unspecified atom stereocenters. The van der Waals surface area contributed by atoms with Gasteiger partial charge in [0.05, 0.1) is 29.2 Å². The van der Waals surface area contributed by atoms with Gasteiger partial charge in [0.2, 0.25) is 11.9 Å². The predicted octanol–water partition coefficient (Wildman–Crippen LogP) is 4.71. The normalized spacial score (nSPS) is 13.2. The molecule has 2 aromatic heterocycles. The van der Waals surface area contributed by atoms with E-state index in [1.54, 1.807) is 35.0 Å². The van der Waals surface area contributed by atoms with Gasteiger partial charge in [-0.05, 0) is 68.4 Å². The van der Waals surface area contributed by atoms with Crippen LogP contribution in [-0.2, 0) is 18.5 Å². The molecule has 1 saturated carbocycles. The number of nitrogen functional groups attached to an aromatic ring is 1. The van der Waals surface area contributed by atoms with Crippen LogP contribution in [0.5, 0.6) is 11.5 Å². The van der Waals surface area contributed by atoms with Crippen molar-refractivity contribution in [2.75, 3.05) is 29.5 Å². The first-order valence-electron chi connectivity index (χ1n) is 15.9. The van der Waals surface area contributed by atoms with Crippen molar-refractivity contribution < 1.29 is 23.9 Å². The molecule has 8 N–H and O–H groups in total. The van der Waals surface area contributed by atoms with Crippen molar-refractivity contribution in [1.29, 1.82) is 0 Å². The first-order valence-corrected chi connectivity index (χ1v) is 15.9. The fourth-order valence-corrected chi connectivity index (χ4v) is 5.54. The van der Waals surface area contributed by atoms with E-state index in [0.717, 1.165) is 18.5 Å². The van der Waals surface area contributed by atoms with E-state index in [2.05, 4.69) is 15.7 Å². The Morgan fingerprint density at radius 1 is 1.08 bits per heavy atom. The number of primary amides is 2. The van der Waals surface area contributed by atoms with Crippen molar-refractivity contribution in [2.24, 2.45) is 17.4 Å². The Morgan fingerprint density at radius 3 is 2.48 bits per heavy atom. The second-order valence-electron chi connectivity index (χ2n) is 12.9. The Bertz CT molecular complexity index is 1900. The van der Waals surface area contributed by atoms with Crippen LogP contribution >= 0.6 is 0 Å². The molecule has 254 valence electrons. The third-order valence-corrected chi connectivity index (χ3v) is 7.96. The molecule has 2 aromatic carbocycles. The van der Waals surface area contributed by atoms with E-state index in [9.17, 15) is 14.4 Å². The molecule has 0 bridgehead atoms. The van der Waals surface area contributed by atoms with E-state index in [1.807, 2.05) is 51.3 Å². The van der Waals surface area contributed by atoms with E-state index in [1.165, 1.54) is 0 Å². The van der Waals surface area contributed by atoms with Crippen LogP contribution in [0.15, 0.2) is 42.5 Å². The largest absolute Gasteiger partial charge is 0.491 e. The Kier molecular flexibility index (Phi) is 9.64. The van der Waals surface area contributed by atoms with Gasteiger partial charge in [-0.2, -0.15) is 5.10 Å². The number of hydrogen-bond acceptors (Lipinski definition) is 9. The summed E-state index contributed by atoms with van der Waals surface area (Å²) in [5, 5.41) is 10.6. The molecule has 5 rings (SSSR count). The van der Waals surface area contributed by atoms with E-state index in [0.29, 0.717) is 77.3 Å². The number of amides is 3. The molecule has 0 aliphatic heterocycles. The van der Waals surface area contributed by atoms with Gasteiger partial charge in [0, 0.05) is 30.8 Å². The summed E-state index contributed by atoms with van der Waals surface area (Å²) in [5.41, 5.74) is 21.2. The summed E-state index contributed by atoms with van der Waals surface area (Å²) in [6, 6.07) is 8.33. The van der Waals surface area contributed by atoms with Crippen LogP contribution in [0.2, 0.25) is 0 Å². The van der Waals surface area contributed by atoms with Gasteiger partial charge < -0.3 is 36.6 Å². The molecule has 2 heterocycles. The Labute approximate surface area is 278 Å². The Hall–Kier alpha value is -5.53. The highest BCUT2D eigenvalue weighted by Gasteiger charge is 2.26. The quantitative estimate of drug-likeness (QED) is 0.0995. The summed E-state index contributed by atoms with van der Waals surface area (Å²) in [7, 11) is 0. The van der Waals surface area contributed by atoms with Gasteiger partial charge in [0.15, 0.2) is 0 Å². The summed E-state index contributed by atoms with van der Waals surface area (Å²) >= 11 is 0. The summed E-state index contributed by atoms with van der Waals surface area (Å²) in [5.74, 6) is 0.526. The Balaban J connectivity index is 1.44. The predicted molar refractivity (Wildman–Crippen MR) is 184 cm³/mol. The number of nitrogens with two attached hydrogens (primary N) is 3. The van der Waals surface area contributed by atoms with E-state index in [4.69, 9.17) is 31.7 Å². The van der Waals surface area contributed by atoms with Crippen molar-refractivity contribution in [3.05, 3.63) is 65.0 Å². The SMILES string of the molecule is CCn1nc(C)cc1C(=O)Nc1nc2cc(C(N)=O)cc(OCC3CC3)c2n1CC=CCNc1ccc(OC(N)=O)c(C(C)(C)C)c1N. The van der Waals surface area contributed by atoms with E-state index >= 15 is 0 Å². The standard InChI is InChI=1S/C34H43N9O5/c1-6-43-24(15-19(2)41-43)31(45)40-33-39-23-16-21(30(36)44)17-26(47-18-20-9-10-20)29(23)42(33)14-8-7-13-38-22-11-12-25(48-32(37)46)27(28(22)35)34(3,4)5/h7-8,11-12,15-17,20,38H,6,9-10,13-14,18,35H2,1-5H3,(H2,36,44)(H2,37,46)(H,39,40,45). The number of benzene rings is 2. The van der Waals surface area contributed by atoms with Gasteiger partial charge in [0.25, 0.3) is 5.91 Å². The fourth-order valence-electron chi connectivity index (χ4n) is 5.54. The topological polar surface area (TPSA) is 207 Å². The number of fused-ring (bicyclic) bond motifs is 1. The highest BCUT2D eigenvalue weighted by Crippen LogP contribution is 2.40. The van der Waals surface area contributed by atoms with Gasteiger partial charge in [-0.3, -0.25) is 19.6 Å². The highest BCUT2D eigenvalue weighted by atomic mass is 16.5. The van der Waals surface area contributed by atoms with Crippen molar-refractivity contribution in [1.82, 2.24) is 19.3 Å². The molecule has 1 fully saturated rings. The molecule has 0 spiro atoms. The Morgan fingerprint density at radius 2 is 1.83 bits per heavy atom. The second kappa shape index (κ2) is 13.7. The molecular weight excluding hydrogens is 614 g/mol. The highest BCUT2D eigenvalue weighted by molar-refractivity contribution is 6.04. The number of anilines is 3. The van der Waals surface area contributed by atoms with Gasteiger partial charge in [0.1, 0.15) is 22.7 Å². The van der Waals surface area contributed by atoms with Crippen LogP contribution in [-0.4, -0.2) is 50.4 Å². The number of aryl methyl sites for hydroxylation is 2. The maximum Gasteiger partial charge on any atom is 0.409 e. The second-order valence-corrected chi connectivity index (χ2v) is 12.9. The molecule has 4 aromatic rings. The molecular formula is C34H43N9O5. The van der Waals surface area contributed by atoms with Gasteiger partial charge in [-0.1, -0.05) is 32.9 Å². The minimum Gasteiger partial charge on any atom is -0.491 e. The number of nitrogens with one attached hydrogen (secondary N) is 2. The average molecular weight is 658 g/mol. The summed E-state index contributed by atoms with van der Waals surface area (Å²) < 4.78 is 14.9. The van der Waals surface area contributed by atoms with Gasteiger partial charge in [-0.25, -0.2) is 9.78 Å². The van der Waals surface area contributed by atoms with Gasteiger partial charge in [-0.15, -0.1) is 0 Å². The zero-order valence-electron chi connectivity index (χ0n) is 27.9. The number of carbonyl (C=O) groups is 3. The summed E-state index contributed by atoms with van der Waals surface area (Å²) in [6.07, 6.45) is 5.09. The number of aromatic nitrogens is 4. The molecule has 0 radical (unpaired) electrons. The zero-order chi connectivity index (χ0) is 34.7. The molecule has 1 aliphatic rings. The lowest BCUT2D eigenvalue weighted by Gasteiger charge is -2.25. The fraction of sp³-hybridized carbons (Fsp3) is 0.382. The lowest BCUT2D eigenvalue weighted by Crippen LogP contribution is -2.22. The smallest absolute Gasteiger partial charge is 0.409 e. The molecule has 48 heavy (non-hydrogen) atoms. The minimum atomic E-state index is -0.913. The number of carbonyl (C=O) groups excluding carboxylic acids is 3. The van der Waals surface area contributed by atoms with Crippen molar-refractivity contribution >= 4 is 46.3 Å². The minimum absolute atomic E-state index is 0.259. The van der Waals surface area contributed by atoms with Crippen LogP contribution in [0.1, 0.15) is 72.6 Å². The zero-order valence-corrected chi connectivity index (χ0v) is 27.9. The van der Waals surface area contributed by atoms with Crippen LogP contribution in [0, 0.1) is 12.8 Å². The molecule has 1 aliphatic carbocycles. The van der Waals surface area contributed by atoms with Crippen LogP contribution in [0.25, 0.3) is 11.0 Å². The van der Waals surface area contributed by atoms with Crippen molar-refractivity contribution in [3.63, 3.8) is 0 Å². The number of ether oxygens (including phenoxy) is 2. The molecule has 14 nitrogen and oxygen atoms in total. The van der Waals surface area contributed by atoms with Gasteiger partial charge >= 0.3 is 6.09 Å². The summed E-state index contributed by atoms with van der Waals surface area (Å²) in [6.45, 7) is 11.4. The third kappa shape index (κ3) is 7.54. The number of imidazole rings is 1. The maximum atomic E-state index is 13.5. The number of hydrogen-bond donors (Lipinski definition) is 5. The number of allylic oxidation sites excluding steroid dienone is 1. The monoisotopic (exact) mass is 657 g/mol. The average Bonchev–Trinajstić information content (AvgIpc) is 3.66. The lowest BCUT2D eigenvalue weighted by atomic mass is 9.84. The van der Waals surface area contributed by atoms with Crippen molar-refractivity contribution in [3.8, 4) is 11.5 Å². The maximum absolute atomic E-state index is 13.5. The van der Waals surface area contributed by atoms with E-state index < -0.39 is 17.4 Å². The van der Waals surface area contributed by atoms with Crippen LogP contribution in [0.3, 0.4) is 0 Å². The summed E-state index contributed by atoms with van der Waals surface area (Å²) in [4.78, 5) is 41.8. The first kappa shape index (κ1) is 33.8. The molecule has 3 amide bonds. The number of nitrogens with zero attached hydrogens (tertiary/aromatic N) is 4. The first-order chi connectivity index (χ1) is 22.8. The van der Waals surface area contributed by atoms with Crippen LogP contribution < -0.4 is 37.3 Å². The third-order valence-electron chi connectivity index (χ3n) is 7.96. The van der Waals surface area contributed by atoms with E-state index in [-0.39, 0.29) is 17.4 Å². The van der Waals surface area contributed by atoms with Crippen molar-refractivity contribution in [2.45, 2.75) is 66.0 Å². The molecule has 14 heteroatoms. The molecule has 0 atom stereocenters. The van der Waals surface area contributed by atoms with Crippen LogP contribution in [0.4, 0.5) is 22.1 Å².